The summed E-state index contributed by atoms with van der Waals surface area (Å²) in [6.45, 7) is 4.17. The summed E-state index contributed by atoms with van der Waals surface area (Å²) in [6.07, 6.45) is 0. The molecule has 0 radical (unpaired) electrons. The van der Waals surface area contributed by atoms with Gasteiger partial charge in [0, 0.05) is 11.6 Å². The van der Waals surface area contributed by atoms with Gasteiger partial charge in [0.25, 0.3) is 0 Å². The van der Waals surface area contributed by atoms with Crippen LogP contribution in [0.4, 0.5) is 0 Å². The van der Waals surface area contributed by atoms with E-state index in [4.69, 9.17) is 15.2 Å². The molecule has 2 N–H and O–H groups in total. The second-order valence-electron chi connectivity index (χ2n) is 3.85. The Bertz CT molecular complexity index is 329. The molecule has 92 valence electrons. The fourth-order valence-corrected chi connectivity index (χ4v) is 1.53. The molecule has 0 aliphatic rings. The average Bonchev–Trinajstić information content (AvgIpc) is 2.26. The highest BCUT2D eigenvalue weighted by atomic mass is 35.5. The minimum Gasteiger partial charge on any atom is -0.493 e. The predicted molar refractivity (Wildman–Crippen MR) is 68.6 cm³/mol. The predicted octanol–water partition coefficient (Wildman–Crippen LogP) is 2.78. The number of rotatable bonds is 4. The van der Waals surface area contributed by atoms with Crippen LogP contribution in [0.2, 0.25) is 0 Å². The topological polar surface area (TPSA) is 44.5 Å². The standard InChI is InChI=1S/C12H19NO2.ClH/c1-8(2)11(13)9-6-5-7-10(14-3)12(9)15-4;/h5-8,11H,13H2,1-4H3;1H. The molecule has 0 aliphatic carbocycles. The first-order valence-corrected chi connectivity index (χ1v) is 5.08. The van der Waals surface area contributed by atoms with Crippen molar-refractivity contribution in [2.24, 2.45) is 11.7 Å². The average molecular weight is 246 g/mol. The van der Waals surface area contributed by atoms with E-state index in [0.717, 1.165) is 17.1 Å². The highest BCUT2D eigenvalue weighted by Crippen LogP contribution is 2.35. The van der Waals surface area contributed by atoms with Crippen LogP contribution in [0.25, 0.3) is 0 Å². The second kappa shape index (κ2) is 6.61. The van der Waals surface area contributed by atoms with E-state index in [-0.39, 0.29) is 18.4 Å². The molecule has 0 heterocycles. The number of halogens is 1. The lowest BCUT2D eigenvalue weighted by Gasteiger charge is -2.20. The van der Waals surface area contributed by atoms with Crippen LogP contribution in [0.5, 0.6) is 11.5 Å². The van der Waals surface area contributed by atoms with Gasteiger partial charge in [-0.25, -0.2) is 0 Å². The normalized spacial score (nSPS) is 11.9. The van der Waals surface area contributed by atoms with Crippen LogP contribution in [0.15, 0.2) is 18.2 Å². The fraction of sp³-hybridized carbons (Fsp3) is 0.500. The lowest BCUT2D eigenvalue weighted by atomic mass is 9.96. The van der Waals surface area contributed by atoms with E-state index < -0.39 is 0 Å². The Kier molecular flexibility index (Phi) is 6.22. The third-order valence-electron chi connectivity index (χ3n) is 2.51. The molecule has 0 spiro atoms. The Hall–Kier alpha value is -0.930. The van der Waals surface area contributed by atoms with Gasteiger partial charge in [0.1, 0.15) is 0 Å². The van der Waals surface area contributed by atoms with E-state index >= 15 is 0 Å². The van der Waals surface area contributed by atoms with E-state index in [2.05, 4.69) is 13.8 Å². The van der Waals surface area contributed by atoms with Crippen molar-refractivity contribution in [3.8, 4) is 11.5 Å². The van der Waals surface area contributed by atoms with Crippen molar-refractivity contribution in [3.05, 3.63) is 23.8 Å². The maximum atomic E-state index is 6.10. The summed E-state index contributed by atoms with van der Waals surface area (Å²) in [5.41, 5.74) is 7.09. The third kappa shape index (κ3) is 3.03. The second-order valence-corrected chi connectivity index (χ2v) is 3.85. The Morgan fingerprint density at radius 1 is 1.12 bits per heavy atom. The SMILES string of the molecule is COc1cccc(C(N)C(C)C)c1OC.Cl. The molecule has 0 aliphatic heterocycles. The molecule has 16 heavy (non-hydrogen) atoms. The summed E-state index contributed by atoms with van der Waals surface area (Å²) in [6, 6.07) is 5.75. The highest BCUT2D eigenvalue weighted by Gasteiger charge is 2.17. The number of para-hydroxylation sites is 1. The van der Waals surface area contributed by atoms with E-state index in [1.165, 1.54) is 0 Å². The van der Waals surface area contributed by atoms with Crippen LogP contribution in [-0.2, 0) is 0 Å². The smallest absolute Gasteiger partial charge is 0.165 e. The third-order valence-corrected chi connectivity index (χ3v) is 2.51. The Morgan fingerprint density at radius 2 is 1.75 bits per heavy atom. The molecule has 1 atom stereocenters. The summed E-state index contributed by atoms with van der Waals surface area (Å²) in [5, 5.41) is 0. The molecule has 0 fully saturated rings. The van der Waals surface area contributed by atoms with E-state index in [1.54, 1.807) is 14.2 Å². The monoisotopic (exact) mass is 245 g/mol. The summed E-state index contributed by atoms with van der Waals surface area (Å²) < 4.78 is 10.6. The number of hydrogen-bond acceptors (Lipinski definition) is 3. The first kappa shape index (κ1) is 15.1. The number of ether oxygens (including phenoxy) is 2. The van der Waals surface area contributed by atoms with Crippen LogP contribution < -0.4 is 15.2 Å². The van der Waals surface area contributed by atoms with Crippen molar-refractivity contribution in [1.29, 1.82) is 0 Å². The molecule has 1 unspecified atom stereocenters. The van der Waals surface area contributed by atoms with Gasteiger partial charge in [-0.05, 0) is 12.0 Å². The van der Waals surface area contributed by atoms with Crippen molar-refractivity contribution in [2.45, 2.75) is 19.9 Å². The molecule has 1 aromatic carbocycles. The molecule has 4 heteroatoms. The first-order valence-electron chi connectivity index (χ1n) is 5.08. The van der Waals surface area contributed by atoms with Gasteiger partial charge >= 0.3 is 0 Å². The Balaban J connectivity index is 0.00000225. The zero-order valence-electron chi connectivity index (χ0n) is 10.2. The number of hydrogen-bond donors (Lipinski definition) is 1. The van der Waals surface area contributed by atoms with Gasteiger partial charge < -0.3 is 15.2 Å². The molecule has 0 aromatic heterocycles. The highest BCUT2D eigenvalue weighted by molar-refractivity contribution is 5.85. The minimum absolute atomic E-state index is 0. The van der Waals surface area contributed by atoms with Crippen molar-refractivity contribution in [1.82, 2.24) is 0 Å². The van der Waals surface area contributed by atoms with E-state index in [0.29, 0.717) is 5.92 Å². The van der Waals surface area contributed by atoms with Gasteiger partial charge in [0.05, 0.1) is 14.2 Å². The molecule has 1 rings (SSSR count). The largest absolute Gasteiger partial charge is 0.493 e. The summed E-state index contributed by atoms with van der Waals surface area (Å²) in [4.78, 5) is 0. The minimum atomic E-state index is -0.0324. The van der Waals surface area contributed by atoms with Gasteiger partial charge in [0.2, 0.25) is 0 Å². The van der Waals surface area contributed by atoms with Gasteiger partial charge in [0.15, 0.2) is 11.5 Å². The molecular weight excluding hydrogens is 226 g/mol. The van der Waals surface area contributed by atoms with Crippen molar-refractivity contribution < 1.29 is 9.47 Å². The van der Waals surface area contributed by atoms with Gasteiger partial charge in [-0.2, -0.15) is 0 Å². The first-order chi connectivity index (χ1) is 7.11. The number of benzene rings is 1. The summed E-state index contributed by atoms with van der Waals surface area (Å²) in [5.74, 6) is 1.83. The van der Waals surface area contributed by atoms with Crippen LogP contribution in [0.1, 0.15) is 25.5 Å². The quantitative estimate of drug-likeness (QED) is 0.887. The van der Waals surface area contributed by atoms with E-state index in [9.17, 15) is 0 Å². The molecule has 0 bridgehead atoms. The van der Waals surface area contributed by atoms with Crippen LogP contribution in [0.3, 0.4) is 0 Å². The summed E-state index contributed by atoms with van der Waals surface area (Å²) in [7, 11) is 3.26. The maximum absolute atomic E-state index is 6.10. The van der Waals surface area contributed by atoms with Crippen molar-refractivity contribution >= 4 is 12.4 Å². The van der Waals surface area contributed by atoms with Gasteiger partial charge in [-0.15, -0.1) is 12.4 Å². The van der Waals surface area contributed by atoms with Crippen LogP contribution in [0, 0.1) is 5.92 Å². The van der Waals surface area contributed by atoms with Crippen LogP contribution in [-0.4, -0.2) is 14.2 Å². The molecule has 0 amide bonds. The lowest BCUT2D eigenvalue weighted by molar-refractivity contribution is 0.345. The number of nitrogens with two attached hydrogens (primary N) is 1. The van der Waals surface area contributed by atoms with Crippen LogP contribution >= 0.6 is 12.4 Å². The zero-order chi connectivity index (χ0) is 11.4. The van der Waals surface area contributed by atoms with Crippen molar-refractivity contribution in [2.75, 3.05) is 14.2 Å². The molecule has 3 nitrogen and oxygen atoms in total. The fourth-order valence-electron chi connectivity index (χ4n) is 1.53. The maximum Gasteiger partial charge on any atom is 0.165 e. The molecule has 0 saturated carbocycles. The lowest BCUT2D eigenvalue weighted by Crippen LogP contribution is -2.17. The Labute approximate surface area is 103 Å². The Morgan fingerprint density at radius 3 is 2.19 bits per heavy atom. The summed E-state index contributed by atoms with van der Waals surface area (Å²) >= 11 is 0. The number of methoxy groups -OCH3 is 2. The van der Waals surface area contributed by atoms with Crippen molar-refractivity contribution in [3.63, 3.8) is 0 Å². The molecule has 1 aromatic rings. The van der Waals surface area contributed by atoms with E-state index in [1.807, 2.05) is 18.2 Å². The molecule has 0 saturated heterocycles. The zero-order valence-corrected chi connectivity index (χ0v) is 11.0. The van der Waals surface area contributed by atoms with Gasteiger partial charge in [-0.3, -0.25) is 0 Å². The molecular formula is C12H20ClNO2. The van der Waals surface area contributed by atoms with Gasteiger partial charge in [-0.1, -0.05) is 26.0 Å².